The summed E-state index contributed by atoms with van der Waals surface area (Å²) in [6.07, 6.45) is 2.80. The van der Waals surface area contributed by atoms with Crippen LogP contribution in [0.5, 0.6) is 5.75 Å². The first-order valence-corrected chi connectivity index (χ1v) is 12.3. The molecule has 178 valence electrons. The van der Waals surface area contributed by atoms with Crippen molar-refractivity contribution in [2.75, 3.05) is 19.0 Å². The smallest absolute Gasteiger partial charge is 0.274 e. The Bertz CT molecular complexity index is 1180. The van der Waals surface area contributed by atoms with Gasteiger partial charge in [0.25, 0.3) is 5.91 Å². The van der Waals surface area contributed by atoms with E-state index in [1.54, 1.807) is 0 Å². The number of carbonyl (C=O) groups is 1. The summed E-state index contributed by atoms with van der Waals surface area (Å²) in [6.45, 7) is 8.60. The molecule has 0 aliphatic heterocycles. The van der Waals surface area contributed by atoms with Crippen LogP contribution in [0.25, 0.3) is 22.6 Å². The van der Waals surface area contributed by atoms with E-state index < -0.39 is 0 Å². The zero-order valence-corrected chi connectivity index (χ0v) is 21.2. The van der Waals surface area contributed by atoms with Gasteiger partial charge in [0.05, 0.1) is 11.6 Å². The Kier molecular flexibility index (Phi) is 8.99. The molecule has 1 heterocycles. The van der Waals surface area contributed by atoms with Crippen molar-refractivity contribution >= 4 is 23.4 Å². The normalized spacial score (nSPS) is 11.9. The Labute approximate surface area is 205 Å². The van der Waals surface area contributed by atoms with Gasteiger partial charge in [-0.1, -0.05) is 36.9 Å². The molecule has 0 radical (unpaired) electrons. The van der Waals surface area contributed by atoms with Crippen LogP contribution in [0.2, 0.25) is 0 Å². The monoisotopic (exact) mass is 476 g/mol. The highest BCUT2D eigenvalue weighted by Gasteiger charge is 2.21. The quantitative estimate of drug-likeness (QED) is 0.299. The Hall–Kier alpha value is -3.45. The number of rotatable bonds is 10. The molecule has 2 aromatic carbocycles. The molecular formula is C27H32N4O2S. The minimum Gasteiger partial charge on any atom is -0.494 e. The maximum absolute atomic E-state index is 13.5. The average Bonchev–Trinajstić information content (AvgIpc) is 3.32. The van der Waals surface area contributed by atoms with Crippen LogP contribution in [0.3, 0.4) is 0 Å². The highest BCUT2D eigenvalue weighted by molar-refractivity contribution is 8.05. The van der Waals surface area contributed by atoms with E-state index >= 15 is 0 Å². The van der Waals surface area contributed by atoms with Gasteiger partial charge in [0, 0.05) is 23.9 Å². The van der Waals surface area contributed by atoms with Crippen LogP contribution in [-0.2, 0) is 0 Å². The largest absolute Gasteiger partial charge is 0.494 e. The first-order valence-electron chi connectivity index (χ1n) is 11.4. The second kappa shape index (κ2) is 12.1. The number of allylic oxidation sites excluding steroid dienone is 2. The molecule has 0 bridgehead atoms. The summed E-state index contributed by atoms with van der Waals surface area (Å²) >= 11 is 1.50. The fourth-order valence-corrected chi connectivity index (χ4v) is 4.05. The molecule has 3 rings (SSSR count). The van der Waals surface area contributed by atoms with Crippen LogP contribution in [0, 0.1) is 0 Å². The first kappa shape index (κ1) is 25.2. The molecule has 0 unspecified atom stereocenters. The van der Waals surface area contributed by atoms with Gasteiger partial charge >= 0.3 is 0 Å². The number of benzene rings is 2. The summed E-state index contributed by atoms with van der Waals surface area (Å²) in [4.78, 5) is 21.6. The zero-order chi connectivity index (χ0) is 24.5. The van der Waals surface area contributed by atoms with Gasteiger partial charge in [-0.25, -0.2) is 4.98 Å². The molecule has 0 fully saturated rings. The van der Waals surface area contributed by atoms with Gasteiger partial charge in [-0.2, -0.15) is 0 Å². The number of nitrogens with zero attached hydrogens (tertiary/aromatic N) is 1. The lowest BCUT2D eigenvalue weighted by Crippen LogP contribution is -2.23. The molecule has 34 heavy (non-hydrogen) atoms. The number of hydrogen-bond donors (Lipinski definition) is 3. The number of ether oxygens (including phenoxy) is 1. The standard InChI is InChI=1S/C27H32N4O2S/c1-6-16-34-27(18(4)7-2)31-26(32)24-23(19-12-14-22(15-13-19)33-8-3)29-25(30-24)20-10-9-11-21(17-20)28-5/h6,9-17,28H,7-8H2,1-5H3,(H,29,30)(H,31,32)/b16-6-,27-18+. The van der Waals surface area contributed by atoms with Crippen LogP contribution in [-0.4, -0.2) is 29.5 Å². The van der Waals surface area contributed by atoms with Crippen molar-refractivity contribution in [1.29, 1.82) is 0 Å². The van der Waals surface area contributed by atoms with E-state index in [0.717, 1.165) is 39.6 Å². The molecule has 7 heteroatoms. The van der Waals surface area contributed by atoms with Crippen LogP contribution >= 0.6 is 11.8 Å². The minimum atomic E-state index is -0.229. The van der Waals surface area contributed by atoms with E-state index in [4.69, 9.17) is 9.72 Å². The minimum absolute atomic E-state index is 0.229. The number of aromatic amines is 1. The molecular weight excluding hydrogens is 444 g/mol. The van der Waals surface area contributed by atoms with E-state index in [-0.39, 0.29) is 5.91 Å². The van der Waals surface area contributed by atoms with Crippen molar-refractivity contribution in [3.05, 3.63) is 76.3 Å². The van der Waals surface area contributed by atoms with Crippen LogP contribution in [0.4, 0.5) is 5.69 Å². The number of hydrogen-bond acceptors (Lipinski definition) is 5. The SMILES string of the molecule is C/C=C\S/C(NC(=O)c1[nH]c(-c2cccc(NC)c2)nc1-c1ccc(OCC)cc1)=C(\C)CC. The predicted octanol–water partition coefficient (Wildman–Crippen LogP) is 6.82. The molecule has 1 amide bonds. The number of imidazole rings is 1. The second-order valence-corrected chi connectivity index (χ2v) is 8.52. The molecule has 0 atom stereocenters. The molecule has 3 N–H and O–H groups in total. The van der Waals surface area contributed by atoms with E-state index in [9.17, 15) is 4.79 Å². The van der Waals surface area contributed by atoms with Crippen molar-refractivity contribution in [3.63, 3.8) is 0 Å². The van der Waals surface area contributed by atoms with Crippen molar-refractivity contribution in [1.82, 2.24) is 15.3 Å². The van der Waals surface area contributed by atoms with Gasteiger partial charge in [-0.05, 0) is 74.6 Å². The Morgan fingerprint density at radius 3 is 2.56 bits per heavy atom. The Morgan fingerprint density at radius 2 is 1.91 bits per heavy atom. The third-order valence-electron chi connectivity index (χ3n) is 5.26. The fraction of sp³-hybridized carbons (Fsp3) is 0.259. The second-order valence-electron chi connectivity index (χ2n) is 7.60. The lowest BCUT2D eigenvalue weighted by molar-refractivity contribution is 0.0964. The number of carbonyl (C=O) groups excluding carboxylic acids is 1. The summed E-state index contributed by atoms with van der Waals surface area (Å²) in [5.41, 5.74) is 4.81. The van der Waals surface area contributed by atoms with Crippen LogP contribution < -0.4 is 15.4 Å². The summed E-state index contributed by atoms with van der Waals surface area (Å²) in [5, 5.41) is 9.03. The zero-order valence-electron chi connectivity index (χ0n) is 20.4. The molecule has 6 nitrogen and oxygen atoms in total. The highest BCUT2D eigenvalue weighted by Crippen LogP contribution is 2.30. The van der Waals surface area contributed by atoms with E-state index in [2.05, 4.69) is 22.5 Å². The van der Waals surface area contributed by atoms with Gasteiger partial charge < -0.3 is 20.4 Å². The van der Waals surface area contributed by atoms with E-state index in [0.29, 0.717) is 23.8 Å². The summed E-state index contributed by atoms with van der Waals surface area (Å²) < 4.78 is 5.57. The molecule has 0 aliphatic carbocycles. The molecule has 0 saturated carbocycles. The van der Waals surface area contributed by atoms with Crippen molar-refractivity contribution in [3.8, 4) is 28.4 Å². The number of aromatic nitrogens is 2. The van der Waals surface area contributed by atoms with Crippen molar-refractivity contribution < 1.29 is 9.53 Å². The Balaban J connectivity index is 2.06. The Morgan fingerprint density at radius 1 is 1.15 bits per heavy atom. The van der Waals surface area contributed by atoms with E-state index in [1.807, 2.05) is 87.8 Å². The molecule has 3 aromatic rings. The third-order valence-corrected chi connectivity index (χ3v) is 6.36. The maximum Gasteiger partial charge on any atom is 0.274 e. The summed E-state index contributed by atoms with van der Waals surface area (Å²) in [7, 11) is 1.87. The molecule has 1 aromatic heterocycles. The fourth-order valence-electron chi connectivity index (χ4n) is 3.28. The highest BCUT2D eigenvalue weighted by atomic mass is 32.2. The van der Waals surface area contributed by atoms with Gasteiger partial charge in [-0.15, -0.1) is 0 Å². The van der Waals surface area contributed by atoms with Gasteiger partial charge in [0.1, 0.15) is 23.0 Å². The van der Waals surface area contributed by atoms with Crippen molar-refractivity contribution in [2.24, 2.45) is 0 Å². The number of nitrogens with one attached hydrogen (secondary N) is 3. The van der Waals surface area contributed by atoms with Gasteiger partial charge in [0.15, 0.2) is 0 Å². The topological polar surface area (TPSA) is 79.0 Å². The molecule has 0 aliphatic rings. The van der Waals surface area contributed by atoms with Crippen molar-refractivity contribution in [2.45, 2.75) is 34.1 Å². The van der Waals surface area contributed by atoms with Crippen LogP contribution in [0.1, 0.15) is 44.6 Å². The lowest BCUT2D eigenvalue weighted by Gasteiger charge is -2.11. The number of H-pyrrole nitrogens is 1. The predicted molar refractivity (Wildman–Crippen MR) is 143 cm³/mol. The van der Waals surface area contributed by atoms with Crippen LogP contribution in [0.15, 0.2) is 70.6 Å². The average molecular weight is 477 g/mol. The van der Waals surface area contributed by atoms with Gasteiger partial charge in [0.2, 0.25) is 0 Å². The number of anilines is 1. The molecule has 0 saturated heterocycles. The number of thioether (sulfide) groups is 1. The summed E-state index contributed by atoms with van der Waals surface area (Å²) in [6, 6.07) is 15.5. The number of amides is 1. The maximum atomic E-state index is 13.5. The molecule has 0 spiro atoms. The lowest BCUT2D eigenvalue weighted by atomic mass is 10.1. The first-order chi connectivity index (χ1) is 16.5. The summed E-state index contributed by atoms with van der Waals surface area (Å²) in [5.74, 6) is 1.18. The third kappa shape index (κ3) is 6.11. The van der Waals surface area contributed by atoms with E-state index in [1.165, 1.54) is 11.8 Å². The van der Waals surface area contributed by atoms with Gasteiger partial charge in [-0.3, -0.25) is 4.79 Å².